The molecule has 0 saturated carbocycles. The van der Waals surface area contributed by atoms with E-state index in [4.69, 9.17) is 4.52 Å². The van der Waals surface area contributed by atoms with Crippen LogP contribution in [0.1, 0.15) is 38.9 Å². The lowest BCUT2D eigenvalue weighted by atomic mass is 9.99. The first-order chi connectivity index (χ1) is 9.97. The molecule has 116 valence electrons. The molecule has 2 amide bonds. The maximum absolute atomic E-state index is 12.2. The van der Waals surface area contributed by atoms with Crippen molar-refractivity contribution in [3.05, 3.63) is 11.8 Å². The number of carbonyl (C=O) groups is 2. The van der Waals surface area contributed by atoms with Gasteiger partial charge in [-0.2, -0.15) is 0 Å². The lowest BCUT2D eigenvalue weighted by Crippen LogP contribution is -2.40. The summed E-state index contributed by atoms with van der Waals surface area (Å²) in [5.74, 6) is 1.78. The summed E-state index contributed by atoms with van der Waals surface area (Å²) < 4.78 is 4.99. The van der Waals surface area contributed by atoms with E-state index in [2.05, 4.69) is 12.1 Å². The first-order valence-electron chi connectivity index (χ1n) is 7.46. The molecule has 6 nitrogen and oxygen atoms in total. The Labute approximate surface area is 125 Å². The van der Waals surface area contributed by atoms with E-state index >= 15 is 0 Å². The maximum atomic E-state index is 12.2. The number of hydrogen-bond donors (Lipinski definition) is 0. The second kappa shape index (κ2) is 6.74. The zero-order chi connectivity index (χ0) is 15.4. The number of nitrogens with zero attached hydrogens (tertiary/aromatic N) is 3. The molecule has 1 aromatic heterocycles. The maximum Gasteiger partial charge on any atom is 0.225 e. The molecular weight excluding hydrogens is 270 g/mol. The predicted molar refractivity (Wildman–Crippen MR) is 78.9 cm³/mol. The van der Waals surface area contributed by atoms with E-state index < -0.39 is 0 Å². The fourth-order valence-electron chi connectivity index (χ4n) is 2.54. The van der Waals surface area contributed by atoms with Crippen molar-refractivity contribution in [3.63, 3.8) is 0 Å². The van der Waals surface area contributed by atoms with Crippen molar-refractivity contribution in [2.75, 3.05) is 24.5 Å². The Morgan fingerprint density at radius 3 is 2.62 bits per heavy atom. The molecule has 0 bridgehead atoms. The van der Waals surface area contributed by atoms with Crippen LogP contribution >= 0.6 is 0 Å². The quantitative estimate of drug-likeness (QED) is 0.851. The summed E-state index contributed by atoms with van der Waals surface area (Å²) in [7, 11) is 0. The molecule has 0 radical (unpaired) electrons. The summed E-state index contributed by atoms with van der Waals surface area (Å²) in [6.07, 6.45) is 2.44. The van der Waals surface area contributed by atoms with Gasteiger partial charge in [0.1, 0.15) is 5.76 Å². The number of aryl methyl sites for hydroxylation is 1. The largest absolute Gasteiger partial charge is 0.360 e. The predicted octanol–water partition coefficient (Wildman–Crippen LogP) is 1.98. The van der Waals surface area contributed by atoms with Crippen molar-refractivity contribution in [2.45, 2.75) is 40.0 Å². The SMILES string of the molecule is CC(=O)N(CCC(=O)N1CCC(C)CC1)c1cc(C)on1. The van der Waals surface area contributed by atoms with Gasteiger partial charge in [0, 0.05) is 39.0 Å². The summed E-state index contributed by atoms with van der Waals surface area (Å²) in [6.45, 7) is 7.44. The lowest BCUT2D eigenvalue weighted by molar-refractivity contribution is -0.132. The minimum Gasteiger partial charge on any atom is -0.360 e. The van der Waals surface area contributed by atoms with Crippen LogP contribution in [0.4, 0.5) is 5.82 Å². The molecule has 1 aliphatic rings. The zero-order valence-corrected chi connectivity index (χ0v) is 13.0. The smallest absolute Gasteiger partial charge is 0.225 e. The molecule has 0 spiro atoms. The third kappa shape index (κ3) is 4.06. The molecule has 1 aromatic rings. The average Bonchev–Trinajstić information content (AvgIpc) is 2.85. The summed E-state index contributed by atoms with van der Waals surface area (Å²) in [5.41, 5.74) is 0. The summed E-state index contributed by atoms with van der Waals surface area (Å²) in [4.78, 5) is 27.3. The molecule has 0 atom stereocenters. The van der Waals surface area contributed by atoms with Gasteiger partial charge in [-0.1, -0.05) is 12.1 Å². The topological polar surface area (TPSA) is 66.7 Å². The molecule has 0 N–H and O–H groups in total. The van der Waals surface area contributed by atoms with E-state index in [0.29, 0.717) is 30.5 Å². The number of anilines is 1. The second-order valence-corrected chi connectivity index (χ2v) is 5.78. The molecule has 1 aliphatic heterocycles. The fourth-order valence-corrected chi connectivity index (χ4v) is 2.54. The van der Waals surface area contributed by atoms with Gasteiger partial charge in [-0.15, -0.1) is 0 Å². The van der Waals surface area contributed by atoms with Crippen molar-refractivity contribution in [3.8, 4) is 0 Å². The highest BCUT2D eigenvalue weighted by Gasteiger charge is 2.22. The van der Waals surface area contributed by atoms with Crippen LogP contribution in [0, 0.1) is 12.8 Å². The summed E-state index contributed by atoms with van der Waals surface area (Å²) in [5, 5.41) is 3.84. The molecular formula is C15H23N3O3. The molecule has 0 aromatic carbocycles. The summed E-state index contributed by atoms with van der Waals surface area (Å²) in [6, 6.07) is 1.70. The second-order valence-electron chi connectivity index (χ2n) is 5.78. The molecule has 0 aliphatic carbocycles. The number of rotatable bonds is 4. The third-order valence-corrected chi connectivity index (χ3v) is 3.96. The van der Waals surface area contributed by atoms with Crippen LogP contribution in [0.5, 0.6) is 0 Å². The molecule has 2 rings (SSSR count). The first-order valence-corrected chi connectivity index (χ1v) is 7.46. The van der Waals surface area contributed by atoms with Crippen molar-refractivity contribution in [1.29, 1.82) is 0 Å². The number of amides is 2. The Kier molecular flexibility index (Phi) is 4.98. The third-order valence-electron chi connectivity index (χ3n) is 3.96. The van der Waals surface area contributed by atoms with E-state index in [0.717, 1.165) is 25.9 Å². The van der Waals surface area contributed by atoms with Gasteiger partial charge in [-0.25, -0.2) is 0 Å². The van der Waals surface area contributed by atoms with Crippen LogP contribution in [0.25, 0.3) is 0 Å². The molecule has 21 heavy (non-hydrogen) atoms. The van der Waals surface area contributed by atoms with Gasteiger partial charge in [-0.05, 0) is 25.7 Å². The Morgan fingerprint density at radius 1 is 1.43 bits per heavy atom. The Bertz CT molecular complexity index is 504. The number of piperidine rings is 1. The van der Waals surface area contributed by atoms with Gasteiger partial charge < -0.3 is 9.42 Å². The standard InChI is InChI=1S/C15H23N3O3/c1-11-4-7-17(8-5-11)15(20)6-9-18(13(3)19)14-10-12(2)21-16-14/h10-11H,4-9H2,1-3H3. The average molecular weight is 293 g/mol. The highest BCUT2D eigenvalue weighted by atomic mass is 16.5. The molecule has 0 unspecified atom stereocenters. The van der Waals surface area contributed by atoms with Gasteiger partial charge in [0.05, 0.1) is 0 Å². The van der Waals surface area contributed by atoms with Crippen molar-refractivity contribution >= 4 is 17.6 Å². The van der Waals surface area contributed by atoms with Crippen LogP contribution in [0.15, 0.2) is 10.6 Å². The van der Waals surface area contributed by atoms with Crippen LogP contribution in [0.3, 0.4) is 0 Å². The monoisotopic (exact) mass is 293 g/mol. The van der Waals surface area contributed by atoms with Gasteiger partial charge >= 0.3 is 0 Å². The van der Waals surface area contributed by atoms with Crippen LogP contribution in [-0.4, -0.2) is 41.5 Å². The Balaban J connectivity index is 1.90. The van der Waals surface area contributed by atoms with Gasteiger partial charge in [0.15, 0.2) is 5.82 Å². The van der Waals surface area contributed by atoms with E-state index in [1.807, 2.05) is 4.90 Å². The molecule has 6 heteroatoms. The number of aromatic nitrogens is 1. The van der Waals surface area contributed by atoms with Gasteiger partial charge in [-0.3, -0.25) is 14.5 Å². The van der Waals surface area contributed by atoms with Crippen molar-refractivity contribution in [2.24, 2.45) is 5.92 Å². The fraction of sp³-hybridized carbons (Fsp3) is 0.667. The van der Waals surface area contributed by atoms with E-state index in [1.54, 1.807) is 13.0 Å². The Morgan fingerprint density at radius 2 is 2.10 bits per heavy atom. The minimum atomic E-state index is -0.136. The first kappa shape index (κ1) is 15.5. The van der Waals surface area contributed by atoms with E-state index in [-0.39, 0.29) is 11.8 Å². The normalized spacial score (nSPS) is 16.0. The molecule has 2 heterocycles. The molecule has 1 saturated heterocycles. The number of carbonyl (C=O) groups excluding carboxylic acids is 2. The van der Waals surface area contributed by atoms with Crippen molar-refractivity contribution < 1.29 is 14.1 Å². The Hall–Kier alpha value is -1.85. The number of hydrogen-bond acceptors (Lipinski definition) is 4. The number of likely N-dealkylation sites (tertiary alicyclic amines) is 1. The highest BCUT2D eigenvalue weighted by molar-refractivity contribution is 5.91. The van der Waals surface area contributed by atoms with Crippen LogP contribution in [0.2, 0.25) is 0 Å². The van der Waals surface area contributed by atoms with Crippen LogP contribution in [-0.2, 0) is 9.59 Å². The minimum absolute atomic E-state index is 0.105. The van der Waals surface area contributed by atoms with Gasteiger partial charge in [0.25, 0.3) is 0 Å². The van der Waals surface area contributed by atoms with E-state index in [1.165, 1.54) is 11.8 Å². The van der Waals surface area contributed by atoms with Gasteiger partial charge in [0.2, 0.25) is 11.8 Å². The molecule has 1 fully saturated rings. The zero-order valence-electron chi connectivity index (χ0n) is 13.0. The van der Waals surface area contributed by atoms with Crippen LogP contribution < -0.4 is 4.90 Å². The highest BCUT2D eigenvalue weighted by Crippen LogP contribution is 2.18. The van der Waals surface area contributed by atoms with E-state index in [9.17, 15) is 9.59 Å². The lowest BCUT2D eigenvalue weighted by Gasteiger charge is -2.31. The summed E-state index contributed by atoms with van der Waals surface area (Å²) >= 11 is 0. The van der Waals surface area contributed by atoms with Crippen molar-refractivity contribution in [1.82, 2.24) is 10.1 Å².